The van der Waals surface area contributed by atoms with E-state index in [0.29, 0.717) is 18.8 Å². The van der Waals surface area contributed by atoms with Gasteiger partial charge < -0.3 is 10.2 Å². The van der Waals surface area contributed by atoms with Crippen LogP contribution in [0.4, 0.5) is 10.1 Å². The molecular formula is C12H13FN2O2. The molecule has 1 fully saturated rings. The summed E-state index contributed by atoms with van der Waals surface area (Å²) in [5.41, 5.74) is 0.443. The Kier molecular flexibility index (Phi) is 3.08. The lowest BCUT2D eigenvalue weighted by Gasteiger charge is -2.31. The van der Waals surface area contributed by atoms with E-state index in [1.165, 1.54) is 25.1 Å². The fourth-order valence-electron chi connectivity index (χ4n) is 1.66. The molecule has 2 rings (SSSR count). The third-order valence-corrected chi connectivity index (χ3v) is 2.66. The van der Waals surface area contributed by atoms with Crippen LogP contribution in [0.3, 0.4) is 0 Å². The zero-order valence-corrected chi connectivity index (χ0v) is 9.50. The Hall–Kier alpha value is -1.91. The Morgan fingerprint density at radius 2 is 2.06 bits per heavy atom. The van der Waals surface area contributed by atoms with E-state index < -0.39 is 5.82 Å². The first-order valence-electron chi connectivity index (χ1n) is 5.44. The highest BCUT2D eigenvalue weighted by Crippen LogP contribution is 2.19. The van der Waals surface area contributed by atoms with E-state index in [-0.39, 0.29) is 17.4 Å². The van der Waals surface area contributed by atoms with Crippen molar-refractivity contribution in [2.24, 2.45) is 0 Å². The van der Waals surface area contributed by atoms with Gasteiger partial charge in [0.15, 0.2) is 0 Å². The van der Waals surface area contributed by atoms with Gasteiger partial charge in [-0.15, -0.1) is 0 Å². The second kappa shape index (κ2) is 4.53. The van der Waals surface area contributed by atoms with Crippen molar-refractivity contribution in [3.63, 3.8) is 0 Å². The third kappa shape index (κ3) is 2.43. The molecule has 1 aromatic carbocycles. The summed E-state index contributed by atoms with van der Waals surface area (Å²) in [5.74, 6) is -1.13. The topological polar surface area (TPSA) is 49.4 Å². The van der Waals surface area contributed by atoms with Gasteiger partial charge in [0.25, 0.3) is 5.91 Å². The highest BCUT2D eigenvalue weighted by molar-refractivity contribution is 5.97. The van der Waals surface area contributed by atoms with Crippen molar-refractivity contribution in [2.75, 3.05) is 18.4 Å². The SMILES string of the molecule is CC(=O)Nc1ccc(F)c(C(=O)N2CCC2)c1. The molecule has 4 nitrogen and oxygen atoms in total. The largest absolute Gasteiger partial charge is 0.338 e. The van der Waals surface area contributed by atoms with Crippen LogP contribution >= 0.6 is 0 Å². The normalized spacial score (nSPS) is 14.1. The average Bonchev–Trinajstić information content (AvgIpc) is 2.17. The minimum atomic E-state index is -0.559. The van der Waals surface area contributed by atoms with Crippen LogP contribution in [0.15, 0.2) is 18.2 Å². The molecule has 0 unspecified atom stereocenters. The number of hydrogen-bond donors (Lipinski definition) is 1. The van der Waals surface area contributed by atoms with Crippen molar-refractivity contribution in [3.05, 3.63) is 29.6 Å². The van der Waals surface area contributed by atoms with Crippen LogP contribution in [0.25, 0.3) is 0 Å². The smallest absolute Gasteiger partial charge is 0.256 e. The summed E-state index contributed by atoms with van der Waals surface area (Å²) in [4.78, 5) is 24.3. The molecule has 90 valence electrons. The summed E-state index contributed by atoms with van der Waals surface area (Å²) in [6, 6.07) is 4.00. The molecule has 0 bridgehead atoms. The van der Waals surface area contributed by atoms with Crippen LogP contribution in [0.2, 0.25) is 0 Å². The number of nitrogens with one attached hydrogen (secondary N) is 1. The number of benzene rings is 1. The third-order valence-electron chi connectivity index (χ3n) is 2.66. The summed E-state index contributed by atoms with van der Waals surface area (Å²) in [5, 5.41) is 2.53. The summed E-state index contributed by atoms with van der Waals surface area (Å²) in [7, 11) is 0. The van der Waals surface area contributed by atoms with E-state index in [1.54, 1.807) is 4.90 Å². The van der Waals surface area contributed by atoms with E-state index in [9.17, 15) is 14.0 Å². The molecule has 1 aliphatic heterocycles. The first-order valence-corrected chi connectivity index (χ1v) is 5.44. The quantitative estimate of drug-likeness (QED) is 0.848. The van der Waals surface area contributed by atoms with Gasteiger partial charge in [-0.25, -0.2) is 4.39 Å². The lowest BCUT2D eigenvalue weighted by atomic mass is 10.1. The van der Waals surface area contributed by atoms with E-state index in [4.69, 9.17) is 0 Å². The van der Waals surface area contributed by atoms with Crippen LogP contribution in [-0.2, 0) is 4.79 Å². The predicted octanol–water partition coefficient (Wildman–Crippen LogP) is 1.63. The zero-order valence-electron chi connectivity index (χ0n) is 9.50. The summed E-state index contributed by atoms with van der Waals surface area (Å²) >= 11 is 0. The standard InChI is InChI=1S/C12H13FN2O2/c1-8(16)14-9-3-4-11(13)10(7-9)12(17)15-5-2-6-15/h3-4,7H,2,5-6H2,1H3,(H,14,16). The second-order valence-electron chi connectivity index (χ2n) is 4.02. The monoisotopic (exact) mass is 236 g/mol. The van der Waals surface area contributed by atoms with Gasteiger partial charge in [0.2, 0.25) is 5.91 Å². The zero-order chi connectivity index (χ0) is 12.4. The maximum atomic E-state index is 13.5. The van der Waals surface area contributed by atoms with Crippen molar-refractivity contribution < 1.29 is 14.0 Å². The Morgan fingerprint density at radius 1 is 1.35 bits per heavy atom. The van der Waals surface area contributed by atoms with Crippen LogP contribution in [0.1, 0.15) is 23.7 Å². The van der Waals surface area contributed by atoms with Gasteiger partial charge in [-0.3, -0.25) is 9.59 Å². The molecular weight excluding hydrogens is 223 g/mol. The van der Waals surface area contributed by atoms with Crippen LogP contribution in [0, 0.1) is 5.82 Å². The van der Waals surface area contributed by atoms with Gasteiger partial charge in [-0.2, -0.15) is 0 Å². The number of amides is 2. The van der Waals surface area contributed by atoms with Crippen molar-refractivity contribution in [1.82, 2.24) is 4.90 Å². The van der Waals surface area contributed by atoms with Gasteiger partial charge in [0.05, 0.1) is 5.56 Å². The minimum Gasteiger partial charge on any atom is -0.338 e. The number of nitrogens with zero attached hydrogens (tertiary/aromatic N) is 1. The highest BCUT2D eigenvalue weighted by atomic mass is 19.1. The summed E-state index contributed by atoms with van der Waals surface area (Å²) in [6.07, 6.45) is 0.957. The molecule has 1 saturated heterocycles. The molecule has 2 amide bonds. The van der Waals surface area contributed by atoms with Crippen molar-refractivity contribution in [1.29, 1.82) is 0 Å². The molecule has 0 aliphatic carbocycles. The molecule has 1 N–H and O–H groups in total. The van der Waals surface area contributed by atoms with E-state index in [2.05, 4.69) is 5.32 Å². The number of rotatable bonds is 2. The molecule has 1 aromatic rings. The number of likely N-dealkylation sites (tertiary alicyclic amines) is 1. The van der Waals surface area contributed by atoms with Gasteiger partial charge in [-0.05, 0) is 24.6 Å². The molecule has 0 radical (unpaired) electrons. The maximum absolute atomic E-state index is 13.5. The highest BCUT2D eigenvalue weighted by Gasteiger charge is 2.24. The molecule has 1 aliphatic rings. The molecule has 1 heterocycles. The van der Waals surface area contributed by atoms with E-state index in [1.807, 2.05) is 0 Å². The number of halogens is 1. The number of anilines is 1. The fourth-order valence-corrected chi connectivity index (χ4v) is 1.66. The molecule has 17 heavy (non-hydrogen) atoms. The number of carbonyl (C=O) groups excluding carboxylic acids is 2. The summed E-state index contributed by atoms with van der Waals surface area (Å²) < 4.78 is 13.5. The maximum Gasteiger partial charge on any atom is 0.256 e. The fraction of sp³-hybridized carbons (Fsp3) is 0.333. The van der Waals surface area contributed by atoms with Gasteiger partial charge >= 0.3 is 0 Å². The van der Waals surface area contributed by atoms with Gasteiger partial charge in [0.1, 0.15) is 5.82 Å². The predicted molar refractivity (Wildman–Crippen MR) is 61.2 cm³/mol. The van der Waals surface area contributed by atoms with Crippen LogP contribution in [-0.4, -0.2) is 29.8 Å². The molecule has 5 heteroatoms. The lowest BCUT2D eigenvalue weighted by molar-refractivity contribution is -0.114. The van der Waals surface area contributed by atoms with E-state index >= 15 is 0 Å². The van der Waals surface area contributed by atoms with Crippen LogP contribution in [0.5, 0.6) is 0 Å². The van der Waals surface area contributed by atoms with Crippen LogP contribution < -0.4 is 5.32 Å². The first kappa shape index (κ1) is 11.6. The minimum absolute atomic E-state index is 0.0101. The first-order chi connectivity index (χ1) is 8.08. The van der Waals surface area contributed by atoms with Crippen molar-refractivity contribution >= 4 is 17.5 Å². The molecule has 0 atom stereocenters. The van der Waals surface area contributed by atoms with Gasteiger partial charge in [0, 0.05) is 25.7 Å². The Morgan fingerprint density at radius 3 is 2.59 bits per heavy atom. The van der Waals surface area contributed by atoms with Crippen molar-refractivity contribution in [2.45, 2.75) is 13.3 Å². The lowest BCUT2D eigenvalue weighted by Crippen LogP contribution is -2.42. The summed E-state index contributed by atoms with van der Waals surface area (Å²) in [6.45, 7) is 2.70. The van der Waals surface area contributed by atoms with Gasteiger partial charge in [-0.1, -0.05) is 0 Å². The Labute approximate surface area is 98.4 Å². The number of hydrogen-bond acceptors (Lipinski definition) is 2. The second-order valence-corrected chi connectivity index (χ2v) is 4.02. The Balaban J connectivity index is 2.25. The average molecular weight is 236 g/mol. The Bertz CT molecular complexity index is 470. The number of carbonyl (C=O) groups is 2. The molecule has 0 saturated carbocycles. The molecule has 0 aromatic heterocycles. The van der Waals surface area contributed by atoms with Crippen molar-refractivity contribution in [3.8, 4) is 0 Å². The molecule has 0 spiro atoms. The van der Waals surface area contributed by atoms with E-state index in [0.717, 1.165) is 6.42 Å².